The molecule has 1 atom stereocenters. The monoisotopic (exact) mass is 372 g/mol. The molecule has 0 aliphatic carbocycles. The number of rotatable bonds is 5. The Balaban J connectivity index is 1.59. The predicted octanol–water partition coefficient (Wildman–Crippen LogP) is 3.93. The van der Waals surface area contributed by atoms with Gasteiger partial charge < -0.3 is 15.4 Å². The average Bonchev–Trinajstić information content (AvgIpc) is 2.77. The second-order valence-corrected chi connectivity index (χ2v) is 7.07. The van der Waals surface area contributed by atoms with Gasteiger partial charge in [0.1, 0.15) is 6.61 Å². The van der Waals surface area contributed by atoms with Crippen LogP contribution in [0.5, 0.6) is 0 Å². The SMILES string of the molecule is NC[C@@H]1Cc2ccccc2CN1c1ccccc1C(=O)OCc1ccccc1. The summed E-state index contributed by atoms with van der Waals surface area (Å²) in [5, 5.41) is 0. The van der Waals surface area contributed by atoms with E-state index in [1.807, 2.05) is 54.6 Å². The molecule has 0 aromatic heterocycles. The summed E-state index contributed by atoms with van der Waals surface area (Å²) in [4.78, 5) is 15.1. The van der Waals surface area contributed by atoms with E-state index in [9.17, 15) is 4.79 Å². The minimum atomic E-state index is -0.311. The van der Waals surface area contributed by atoms with Crippen molar-refractivity contribution in [3.8, 4) is 0 Å². The molecule has 0 bridgehead atoms. The topological polar surface area (TPSA) is 55.6 Å². The Hall–Kier alpha value is -3.11. The number of esters is 1. The van der Waals surface area contributed by atoms with E-state index in [4.69, 9.17) is 10.5 Å². The molecule has 0 spiro atoms. The summed E-state index contributed by atoms with van der Waals surface area (Å²) in [6.07, 6.45) is 0.875. The highest BCUT2D eigenvalue weighted by Crippen LogP contribution is 2.31. The molecule has 4 rings (SSSR count). The number of nitrogens with two attached hydrogens (primary N) is 1. The Morgan fingerprint density at radius 3 is 2.39 bits per heavy atom. The molecule has 1 aliphatic heterocycles. The predicted molar refractivity (Wildman–Crippen MR) is 111 cm³/mol. The number of para-hydroxylation sites is 1. The van der Waals surface area contributed by atoms with E-state index >= 15 is 0 Å². The van der Waals surface area contributed by atoms with Gasteiger partial charge in [0.25, 0.3) is 0 Å². The third-order valence-electron chi connectivity index (χ3n) is 5.27. The van der Waals surface area contributed by atoms with E-state index in [0.717, 1.165) is 24.2 Å². The van der Waals surface area contributed by atoms with Gasteiger partial charge in [0.2, 0.25) is 0 Å². The number of carbonyl (C=O) groups is 1. The quantitative estimate of drug-likeness (QED) is 0.690. The number of ether oxygens (including phenoxy) is 1. The summed E-state index contributed by atoms with van der Waals surface area (Å²) in [5.41, 5.74) is 11.1. The molecule has 3 aromatic rings. The maximum absolute atomic E-state index is 12.8. The van der Waals surface area contributed by atoms with Crippen molar-refractivity contribution in [2.45, 2.75) is 25.6 Å². The van der Waals surface area contributed by atoms with Gasteiger partial charge in [-0.2, -0.15) is 0 Å². The molecular weight excluding hydrogens is 348 g/mol. The standard InChI is InChI=1S/C24H24N2O2/c25-15-21-14-19-10-4-5-11-20(19)16-26(21)23-13-7-6-12-22(23)24(27)28-17-18-8-2-1-3-9-18/h1-13,21H,14-17,25H2/t21-/m0/s1. The van der Waals surface area contributed by atoms with Gasteiger partial charge in [-0.15, -0.1) is 0 Å². The van der Waals surface area contributed by atoms with E-state index in [-0.39, 0.29) is 18.6 Å². The average molecular weight is 372 g/mol. The summed E-state index contributed by atoms with van der Waals surface area (Å²) in [6, 6.07) is 25.9. The third-order valence-corrected chi connectivity index (χ3v) is 5.27. The largest absolute Gasteiger partial charge is 0.457 e. The van der Waals surface area contributed by atoms with Crippen LogP contribution in [0.25, 0.3) is 0 Å². The molecule has 0 amide bonds. The Bertz CT molecular complexity index is 956. The zero-order chi connectivity index (χ0) is 19.3. The van der Waals surface area contributed by atoms with Crippen LogP contribution < -0.4 is 10.6 Å². The first-order valence-electron chi connectivity index (χ1n) is 9.60. The summed E-state index contributed by atoms with van der Waals surface area (Å²) < 4.78 is 5.59. The van der Waals surface area contributed by atoms with Crippen LogP contribution in [0.2, 0.25) is 0 Å². The number of hydrogen-bond acceptors (Lipinski definition) is 4. The van der Waals surface area contributed by atoms with Crippen molar-refractivity contribution >= 4 is 11.7 Å². The van der Waals surface area contributed by atoms with Crippen LogP contribution in [0.1, 0.15) is 27.0 Å². The molecule has 142 valence electrons. The van der Waals surface area contributed by atoms with E-state index < -0.39 is 0 Å². The Labute approximate surface area is 165 Å². The Morgan fingerprint density at radius 2 is 1.61 bits per heavy atom. The van der Waals surface area contributed by atoms with Crippen molar-refractivity contribution in [1.29, 1.82) is 0 Å². The highest BCUT2D eigenvalue weighted by atomic mass is 16.5. The van der Waals surface area contributed by atoms with Gasteiger partial charge in [-0.05, 0) is 35.2 Å². The zero-order valence-corrected chi connectivity index (χ0v) is 15.8. The van der Waals surface area contributed by atoms with Gasteiger partial charge in [0.15, 0.2) is 0 Å². The molecule has 0 saturated heterocycles. The van der Waals surface area contributed by atoms with Gasteiger partial charge in [-0.3, -0.25) is 0 Å². The van der Waals surface area contributed by atoms with Gasteiger partial charge in [0, 0.05) is 19.1 Å². The van der Waals surface area contributed by atoms with Crippen LogP contribution in [0.15, 0.2) is 78.9 Å². The van der Waals surface area contributed by atoms with Crippen molar-refractivity contribution in [2.75, 3.05) is 11.4 Å². The van der Waals surface area contributed by atoms with Crippen molar-refractivity contribution in [2.24, 2.45) is 5.73 Å². The molecule has 2 N–H and O–H groups in total. The second kappa shape index (κ2) is 8.28. The first-order valence-corrected chi connectivity index (χ1v) is 9.60. The fraction of sp³-hybridized carbons (Fsp3) is 0.208. The molecule has 28 heavy (non-hydrogen) atoms. The third kappa shape index (κ3) is 3.78. The van der Waals surface area contributed by atoms with Crippen LogP contribution >= 0.6 is 0 Å². The molecule has 4 heteroatoms. The van der Waals surface area contributed by atoms with Gasteiger partial charge in [-0.25, -0.2) is 4.79 Å². The van der Waals surface area contributed by atoms with Crippen LogP contribution in [-0.2, 0) is 24.3 Å². The molecule has 0 saturated carbocycles. The van der Waals surface area contributed by atoms with Crippen LogP contribution in [0, 0.1) is 0 Å². The van der Waals surface area contributed by atoms with Gasteiger partial charge >= 0.3 is 5.97 Å². The van der Waals surface area contributed by atoms with E-state index in [1.165, 1.54) is 11.1 Å². The van der Waals surface area contributed by atoms with Crippen LogP contribution in [0.3, 0.4) is 0 Å². The number of hydrogen-bond donors (Lipinski definition) is 1. The fourth-order valence-electron chi connectivity index (χ4n) is 3.78. The van der Waals surface area contributed by atoms with E-state index in [2.05, 4.69) is 29.2 Å². The van der Waals surface area contributed by atoms with E-state index in [0.29, 0.717) is 12.1 Å². The lowest BCUT2D eigenvalue weighted by Crippen LogP contribution is -2.45. The number of carbonyl (C=O) groups excluding carboxylic acids is 1. The maximum atomic E-state index is 12.8. The maximum Gasteiger partial charge on any atom is 0.340 e. The smallest absolute Gasteiger partial charge is 0.340 e. The first kappa shape index (κ1) is 18.3. The zero-order valence-electron chi connectivity index (χ0n) is 15.8. The summed E-state index contributed by atoms with van der Waals surface area (Å²) in [7, 11) is 0. The molecule has 3 aromatic carbocycles. The Morgan fingerprint density at radius 1 is 0.929 bits per heavy atom. The number of nitrogens with zero attached hydrogens (tertiary/aromatic N) is 1. The minimum Gasteiger partial charge on any atom is -0.457 e. The minimum absolute atomic E-state index is 0.151. The molecule has 0 radical (unpaired) electrons. The summed E-state index contributed by atoms with van der Waals surface area (Å²) in [5.74, 6) is -0.311. The molecule has 4 nitrogen and oxygen atoms in total. The Kier molecular flexibility index (Phi) is 5.40. The molecule has 0 unspecified atom stereocenters. The van der Waals surface area contributed by atoms with Crippen LogP contribution in [0.4, 0.5) is 5.69 Å². The first-order chi connectivity index (χ1) is 13.8. The molecule has 1 aliphatic rings. The van der Waals surface area contributed by atoms with Gasteiger partial charge in [0.05, 0.1) is 11.3 Å². The lowest BCUT2D eigenvalue weighted by atomic mass is 9.93. The fourth-order valence-corrected chi connectivity index (χ4v) is 3.78. The van der Waals surface area contributed by atoms with Crippen LogP contribution in [-0.4, -0.2) is 18.6 Å². The second-order valence-electron chi connectivity index (χ2n) is 7.07. The lowest BCUT2D eigenvalue weighted by molar-refractivity contribution is 0.0473. The summed E-state index contributed by atoms with van der Waals surface area (Å²) in [6.45, 7) is 1.53. The lowest BCUT2D eigenvalue weighted by Gasteiger charge is -2.38. The number of benzene rings is 3. The molecular formula is C24H24N2O2. The molecule has 1 heterocycles. The highest BCUT2D eigenvalue weighted by Gasteiger charge is 2.28. The van der Waals surface area contributed by atoms with Crippen molar-refractivity contribution < 1.29 is 9.53 Å². The molecule has 0 fully saturated rings. The highest BCUT2D eigenvalue weighted by molar-refractivity contribution is 5.96. The number of fused-ring (bicyclic) bond motifs is 1. The van der Waals surface area contributed by atoms with Crippen molar-refractivity contribution in [3.63, 3.8) is 0 Å². The van der Waals surface area contributed by atoms with Gasteiger partial charge in [-0.1, -0.05) is 66.7 Å². The summed E-state index contributed by atoms with van der Waals surface area (Å²) >= 11 is 0. The normalized spacial score (nSPS) is 15.8. The number of anilines is 1. The van der Waals surface area contributed by atoms with Crippen molar-refractivity contribution in [3.05, 3.63) is 101 Å². The van der Waals surface area contributed by atoms with Crippen molar-refractivity contribution in [1.82, 2.24) is 0 Å². The van der Waals surface area contributed by atoms with E-state index in [1.54, 1.807) is 0 Å².